The van der Waals surface area contributed by atoms with Gasteiger partial charge in [-0.05, 0) is 78.2 Å². The Morgan fingerprint density at radius 2 is 1.76 bits per heavy atom. The monoisotopic (exact) mass is 647 g/mol. The van der Waals surface area contributed by atoms with Crippen LogP contribution in [0.25, 0.3) is 0 Å². The van der Waals surface area contributed by atoms with E-state index in [1.54, 1.807) is 26.8 Å². The topological polar surface area (TPSA) is 175 Å². The molecule has 0 unspecified atom stereocenters. The number of aliphatic imine (C=N–C) groups is 1. The molecule has 0 heterocycles. The molecule has 2 amide bonds. The number of nitrogens with two attached hydrogens (primary N) is 2. The Morgan fingerprint density at radius 3 is 2.38 bits per heavy atom. The Hall–Kier alpha value is -3.30. The van der Waals surface area contributed by atoms with Crippen molar-refractivity contribution in [3.63, 3.8) is 0 Å². The third-order valence-electron chi connectivity index (χ3n) is 6.55. The van der Waals surface area contributed by atoms with Crippen LogP contribution in [0.4, 0.5) is 4.79 Å². The fourth-order valence-corrected chi connectivity index (χ4v) is 5.05. The van der Waals surface area contributed by atoms with Crippen LogP contribution in [0, 0.1) is 5.92 Å². The van der Waals surface area contributed by atoms with Gasteiger partial charge in [-0.1, -0.05) is 36.4 Å². The summed E-state index contributed by atoms with van der Waals surface area (Å²) in [5.74, 6) is -1.39. The fraction of sp³-hybridized carbons (Fsp3) is 0.606. The van der Waals surface area contributed by atoms with Gasteiger partial charge in [-0.15, -0.1) is 14.5 Å². The van der Waals surface area contributed by atoms with E-state index in [1.807, 2.05) is 30.3 Å². The minimum atomic E-state index is -0.850. The summed E-state index contributed by atoms with van der Waals surface area (Å²) < 4.78 is 10.7. The highest BCUT2D eigenvalue weighted by molar-refractivity contribution is 7.57. The normalized spacial score (nSPS) is 13.8. The lowest BCUT2D eigenvalue weighted by Gasteiger charge is -2.22. The molecular formula is C33H54N5O6P. The molecule has 0 fully saturated rings. The second-order valence-corrected chi connectivity index (χ2v) is 14.8. The van der Waals surface area contributed by atoms with Gasteiger partial charge in [0.2, 0.25) is 5.91 Å². The van der Waals surface area contributed by atoms with E-state index >= 15 is 0 Å². The molecule has 1 rings (SSSR count). The molecule has 0 bridgehead atoms. The lowest BCUT2D eigenvalue weighted by atomic mass is 9.93. The zero-order valence-corrected chi connectivity index (χ0v) is 28.6. The predicted octanol–water partition coefficient (Wildman–Crippen LogP) is 4.27. The predicted molar refractivity (Wildman–Crippen MR) is 182 cm³/mol. The number of alkyl carbamates (subject to hydrolysis) is 1. The smallest absolute Gasteiger partial charge is 0.407 e. The van der Waals surface area contributed by atoms with Gasteiger partial charge in [0, 0.05) is 25.7 Å². The number of Topliss-reactive ketones (excluding diaryl/α,β-unsaturated/α-hetero) is 1. The van der Waals surface area contributed by atoms with Crippen molar-refractivity contribution >= 4 is 37.5 Å². The molecule has 0 radical (unpaired) electrons. The molecule has 3 atom stereocenters. The molecule has 1 aromatic rings. The van der Waals surface area contributed by atoms with Crippen molar-refractivity contribution < 1.29 is 28.7 Å². The number of rotatable bonds is 21. The Labute approximate surface area is 270 Å². The number of ketones is 1. The molecule has 0 aliphatic rings. The third kappa shape index (κ3) is 19.0. The van der Waals surface area contributed by atoms with Gasteiger partial charge in [0.25, 0.3) is 0 Å². The molecule has 252 valence electrons. The van der Waals surface area contributed by atoms with E-state index in [0.29, 0.717) is 51.0 Å². The molecule has 0 aromatic heterocycles. The van der Waals surface area contributed by atoms with Gasteiger partial charge >= 0.3 is 12.1 Å². The number of allylic oxidation sites excluding steroid dienone is 1. The zero-order valence-electron chi connectivity index (χ0n) is 27.7. The summed E-state index contributed by atoms with van der Waals surface area (Å²) in [4.78, 5) is 55.6. The highest BCUT2D eigenvalue weighted by Crippen LogP contribution is 2.23. The molecule has 6 N–H and O–H groups in total. The van der Waals surface area contributed by atoms with E-state index in [0.717, 1.165) is 11.7 Å². The number of esters is 1. The molecule has 0 saturated carbocycles. The van der Waals surface area contributed by atoms with Crippen LogP contribution in [0.15, 0.2) is 48.0 Å². The Kier molecular flexibility index (Phi) is 18.9. The fourth-order valence-electron chi connectivity index (χ4n) is 4.31. The number of unbranched alkanes of at least 4 members (excludes halogenated alkanes) is 1. The van der Waals surface area contributed by atoms with Crippen LogP contribution >= 0.6 is 7.92 Å². The molecule has 0 aliphatic heterocycles. The summed E-state index contributed by atoms with van der Waals surface area (Å²) in [5, 5.41) is 5.49. The summed E-state index contributed by atoms with van der Waals surface area (Å²) in [7, 11) is -0.217. The maximum absolute atomic E-state index is 13.5. The number of hydrogen-bond acceptors (Lipinski definition) is 8. The van der Waals surface area contributed by atoms with Crippen molar-refractivity contribution in [3.05, 3.63) is 48.6 Å². The quantitative estimate of drug-likeness (QED) is 0.0382. The van der Waals surface area contributed by atoms with Gasteiger partial charge in [0.15, 0.2) is 5.78 Å². The number of hydrogen-bond donors (Lipinski definition) is 4. The number of amides is 2. The highest BCUT2D eigenvalue weighted by Gasteiger charge is 2.29. The largest absolute Gasteiger partial charge is 0.461 e. The van der Waals surface area contributed by atoms with Crippen LogP contribution in [-0.4, -0.2) is 79.9 Å². The maximum atomic E-state index is 13.5. The van der Waals surface area contributed by atoms with Crippen LogP contribution in [0.5, 0.6) is 0 Å². The number of carbonyl (C=O) groups is 4. The summed E-state index contributed by atoms with van der Waals surface area (Å²) in [6, 6.07) is 7.60. The first-order chi connectivity index (χ1) is 21.2. The average molecular weight is 648 g/mol. The van der Waals surface area contributed by atoms with E-state index in [-0.39, 0.29) is 33.2 Å². The molecule has 45 heavy (non-hydrogen) atoms. The molecule has 1 aromatic carbocycles. The first-order valence-electron chi connectivity index (χ1n) is 15.5. The van der Waals surface area contributed by atoms with E-state index in [2.05, 4.69) is 35.5 Å². The van der Waals surface area contributed by atoms with Gasteiger partial charge < -0.3 is 31.6 Å². The van der Waals surface area contributed by atoms with Gasteiger partial charge in [0.05, 0.1) is 23.8 Å². The number of carbonyl (C=O) groups excluding carboxylic acids is 4. The van der Waals surface area contributed by atoms with E-state index in [1.165, 1.54) is 0 Å². The first kappa shape index (κ1) is 39.7. The second-order valence-electron chi connectivity index (χ2n) is 12.3. The Bertz CT molecular complexity index is 1110. The molecule has 0 saturated heterocycles. The van der Waals surface area contributed by atoms with E-state index in [9.17, 15) is 19.2 Å². The average Bonchev–Trinajstić information content (AvgIpc) is 2.95. The Balaban J connectivity index is 2.79. The van der Waals surface area contributed by atoms with Crippen LogP contribution < -0.4 is 22.1 Å². The number of amidine groups is 1. The van der Waals surface area contributed by atoms with Crippen LogP contribution in [0.3, 0.4) is 0 Å². The molecule has 12 heteroatoms. The van der Waals surface area contributed by atoms with Gasteiger partial charge in [-0.3, -0.25) is 19.4 Å². The number of benzene rings is 1. The van der Waals surface area contributed by atoms with Gasteiger partial charge in [-0.2, -0.15) is 0 Å². The highest BCUT2D eigenvalue weighted by atomic mass is 31.1. The number of nitrogens with zero attached hydrogens (tertiary/aromatic N) is 1. The van der Waals surface area contributed by atoms with Crippen molar-refractivity contribution in [2.24, 2.45) is 22.4 Å². The molecule has 11 nitrogen and oxygen atoms in total. The maximum Gasteiger partial charge on any atom is 0.407 e. The van der Waals surface area contributed by atoms with E-state index in [4.69, 9.17) is 20.9 Å². The van der Waals surface area contributed by atoms with Crippen molar-refractivity contribution in [1.29, 1.82) is 0 Å². The minimum Gasteiger partial charge on any atom is -0.461 e. The lowest BCUT2D eigenvalue weighted by molar-refractivity contribution is -0.151. The Morgan fingerprint density at radius 1 is 1.07 bits per heavy atom. The second kappa shape index (κ2) is 21.4. The minimum absolute atomic E-state index is 0.0982. The van der Waals surface area contributed by atoms with Crippen molar-refractivity contribution in [2.45, 2.75) is 90.0 Å². The van der Waals surface area contributed by atoms with Gasteiger partial charge in [0.1, 0.15) is 12.2 Å². The molecule has 0 aliphatic carbocycles. The summed E-state index contributed by atoms with van der Waals surface area (Å²) in [5.41, 5.74) is 12.4. The van der Waals surface area contributed by atoms with Crippen molar-refractivity contribution in [3.8, 4) is 0 Å². The number of ether oxygens (including phenoxy) is 2. The van der Waals surface area contributed by atoms with E-state index < -0.39 is 41.6 Å². The van der Waals surface area contributed by atoms with Crippen LogP contribution in [0.2, 0.25) is 0 Å². The standard InChI is InChI=1S/C33H54N5O6P/c1-7-14-25(31(41)43-22-24-15-9-8-10-16-24)21-28(39)27(18-13-20-36-29(35)23-45(5)6)38-30(40)26(34)17-11-12-19-37-32(42)44-33(2,3)4/h7-10,15-16,25-27H,1,11-14,17-23,34H2,2-6H3,(H2,35,36)(H,37,42)(H,38,40)/t25-,26-,27-/m1/s1. The van der Waals surface area contributed by atoms with Crippen LogP contribution in [-0.2, 0) is 30.5 Å². The van der Waals surface area contributed by atoms with Crippen LogP contribution in [0.1, 0.15) is 71.3 Å². The van der Waals surface area contributed by atoms with Crippen molar-refractivity contribution in [2.75, 3.05) is 32.6 Å². The third-order valence-corrected chi connectivity index (χ3v) is 7.51. The summed E-state index contributed by atoms with van der Waals surface area (Å²) >= 11 is 0. The van der Waals surface area contributed by atoms with Crippen molar-refractivity contribution in [1.82, 2.24) is 10.6 Å². The number of nitrogens with one attached hydrogen (secondary N) is 2. The first-order valence-corrected chi connectivity index (χ1v) is 17.9. The summed E-state index contributed by atoms with van der Waals surface area (Å²) in [6.07, 6.45) is 4.36. The summed E-state index contributed by atoms with van der Waals surface area (Å²) in [6.45, 7) is 14.2. The lowest BCUT2D eigenvalue weighted by Crippen LogP contribution is -2.49. The SMILES string of the molecule is C=CC[C@H](CC(=O)[C@@H](CCCN=C(N)CP(C)C)NC(=O)[C@H](N)CCCCNC(=O)OC(C)(C)C)C(=O)OCc1ccccc1. The molecular weight excluding hydrogens is 593 g/mol. The van der Waals surface area contributed by atoms with Gasteiger partial charge in [-0.25, -0.2) is 4.79 Å². The zero-order chi connectivity index (χ0) is 33.8. The molecule has 0 spiro atoms.